The summed E-state index contributed by atoms with van der Waals surface area (Å²) in [6.45, 7) is 0.104. The molecule has 0 aliphatic carbocycles. The largest absolute Gasteiger partial charge is 0.260 e. The number of thiophene rings is 1. The first-order valence-electron chi connectivity index (χ1n) is 4.83. The third-order valence-electron chi connectivity index (χ3n) is 2.08. The number of sulfonamides is 1. The van der Waals surface area contributed by atoms with Gasteiger partial charge in [0.2, 0.25) is 10.0 Å². The number of pyridine rings is 1. The highest BCUT2D eigenvalue weighted by atomic mass is 35.5. The van der Waals surface area contributed by atoms with Gasteiger partial charge >= 0.3 is 0 Å². The summed E-state index contributed by atoms with van der Waals surface area (Å²) in [5.74, 6) is 0. The molecule has 2 rings (SSSR count). The van der Waals surface area contributed by atoms with Crippen LogP contribution >= 0.6 is 34.5 Å². The first-order valence-corrected chi connectivity index (χ1v) is 7.89. The molecule has 8 heteroatoms. The van der Waals surface area contributed by atoms with E-state index < -0.39 is 10.0 Å². The van der Waals surface area contributed by atoms with E-state index in [-0.39, 0.29) is 15.8 Å². The summed E-state index contributed by atoms with van der Waals surface area (Å²) in [6, 6.07) is 6.60. The van der Waals surface area contributed by atoms with Crippen molar-refractivity contribution in [3.63, 3.8) is 0 Å². The van der Waals surface area contributed by atoms with Crippen LogP contribution in [0, 0.1) is 0 Å². The Morgan fingerprint density at radius 1 is 1.33 bits per heavy atom. The predicted molar refractivity (Wildman–Crippen MR) is 72.6 cm³/mol. The van der Waals surface area contributed by atoms with Gasteiger partial charge in [-0.25, -0.2) is 13.1 Å². The fraction of sp³-hybridized carbons (Fsp3) is 0.100. The molecule has 0 aliphatic rings. The molecule has 0 bridgehead atoms. The molecule has 96 valence electrons. The highest BCUT2D eigenvalue weighted by molar-refractivity contribution is 7.89. The number of hydrogen-bond acceptors (Lipinski definition) is 4. The van der Waals surface area contributed by atoms with Crippen LogP contribution in [0.2, 0.25) is 8.67 Å². The van der Waals surface area contributed by atoms with Gasteiger partial charge in [0.05, 0.1) is 16.6 Å². The lowest BCUT2D eigenvalue weighted by molar-refractivity contribution is 0.581. The lowest BCUT2D eigenvalue weighted by Gasteiger charge is -2.04. The molecule has 4 nitrogen and oxygen atoms in total. The summed E-state index contributed by atoms with van der Waals surface area (Å²) in [5.41, 5.74) is 0.624. The maximum absolute atomic E-state index is 12.0. The molecule has 0 unspecified atom stereocenters. The van der Waals surface area contributed by atoms with Crippen LogP contribution in [0.4, 0.5) is 0 Å². The SMILES string of the molecule is O=S(=O)(NCc1ccccn1)c1cc(Cl)sc1Cl. The molecule has 0 fully saturated rings. The van der Waals surface area contributed by atoms with E-state index in [0.29, 0.717) is 10.0 Å². The van der Waals surface area contributed by atoms with Crippen LogP contribution in [0.3, 0.4) is 0 Å². The lowest BCUT2D eigenvalue weighted by atomic mass is 10.4. The molecular weight excluding hydrogens is 315 g/mol. The van der Waals surface area contributed by atoms with E-state index in [2.05, 4.69) is 9.71 Å². The van der Waals surface area contributed by atoms with Crippen LogP contribution in [0.1, 0.15) is 5.69 Å². The van der Waals surface area contributed by atoms with Crippen molar-refractivity contribution >= 4 is 44.6 Å². The number of rotatable bonds is 4. The Morgan fingerprint density at radius 3 is 2.67 bits per heavy atom. The highest BCUT2D eigenvalue weighted by Crippen LogP contribution is 2.34. The summed E-state index contributed by atoms with van der Waals surface area (Å²) in [5, 5.41) is 0. The van der Waals surface area contributed by atoms with E-state index >= 15 is 0 Å². The molecule has 0 amide bonds. The number of aromatic nitrogens is 1. The normalized spacial score (nSPS) is 11.7. The van der Waals surface area contributed by atoms with Crippen molar-refractivity contribution in [2.24, 2.45) is 0 Å². The zero-order valence-electron chi connectivity index (χ0n) is 8.93. The number of halogens is 2. The van der Waals surface area contributed by atoms with Crippen LogP contribution in [-0.4, -0.2) is 13.4 Å². The molecule has 0 radical (unpaired) electrons. The first-order chi connectivity index (χ1) is 8.49. The highest BCUT2D eigenvalue weighted by Gasteiger charge is 2.20. The van der Waals surface area contributed by atoms with E-state index in [4.69, 9.17) is 23.2 Å². The monoisotopic (exact) mass is 322 g/mol. The number of hydrogen-bond donors (Lipinski definition) is 1. The minimum Gasteiger partial charge on any atom is -0.260 e. The standard InChI is InChI=1S/C10H8Cl2N2O2S2/c11-9-5-8(10(12)17-9)18(15,16)14-6-7-3-1-2-4-13-7/h1-5,14H,6H2. The van der Waals surface area contributed by atoms with Crippen molar-refractivity contribution in [2.45, 2.75) is 11.4 Å². The van der Waals surface area contributed by atoms with Gasteiger partial charge in [-0.05, 0) is 18.2 Å². The van der Waals surface area contributed by atoms with Crippen LogP contribution < -0.4 is 4.72 Å². The molecule has 0 aromatic carbocycles. The van der Waals surface area contributed by atoms with Crippen LogP contribution in [0.15, 0.2) is 35.4 Å². The van der Waals surface area contributed by atoms with Gasteiger partial charge in [0.15, 0.2) is 0 Å². The minimum atomic E-state index is -3.66. The molecule has 2 heterocycles. The molecular formula is C10H8Cl2N2O2S2. The number of nitrogens with one attached hydrogen (secondary N) is 1. The van der Waals surface area contributed by atoms with Gasteiger partial charge in [0, 0.05) is 6.20 Å². The Morgan fingerprint density at radius 2 is 2.11 bits per heavy atom. The maximum Gasteiger partial charge on any atom is 0.243 e. The molecule has 2 aromatic rings. The van der Waals surface area contributed by atoms with Crippen molar-refractivity contribution in [3.8, 4) is 0 Å². The molecule has 0 saturated heterocycles. The summed E-state index contributed by atoms with van der Waals surface area (Å²) >= 11 is 12.5. The topological polar surface area (TPSA) is 59.1 Å². The van der Waals surface area contributed by atoms with Crippen LogP contribution in [0.25, 0.3) is 0 Å². The Kier molecular flexibility index (Phi) is 4.24. The van der Waals surface area contributed by atoms with Gasteiger partial charge in [0.25, 0.3) is 0 Å². The van der Waals surface area contributed by atoms with Gasteiger partial charge in [0.1, 0.15) is 9.23 Å². The predicted octanol–water partition coefficient (Wildman–Crippen LogP) is 2.93. The second kappa shape index (κ2) is 5.54. The van der Waals surface area contributed by atoms with E-state index in [9.17, 15) is 8.42 Å². The summed E-state index contributed by atoms with van der Waals surface area (Å²) in [7, 11) is -3.66. The minimum absolute atomic E-state index is 0.00454. The first kappa shape index (κ1) is 13.8. The number of nitrogens with zero attached hydrogens (tertiary/aromatic N) is 1. The van der Waals surface area contributed by atoms with Crippen LogP contribution in [0.5, 0.6) is 0 Å². The van der Waals surface area contributed by atoms with Crippen molar-refractivity contribution in [2.75, 3.05) is 0 Å². The summed E-state index contributed by atoms with van der Waals surface area (Å²) in [4.78, 5) is 4.02. The van der Waals surface area contributed by atoms with E-state index in [1.165, 1.54) is 6.07 Å². The van der Waals surface area contributed by atoms with Gasteiger partial charge in [-0.1, -0.05) is 29.3 Å². The maximum atomic E-state index is 12.0. The Bertz CT molecular complexity index is 641. The third-order valence-corrected chi connectivity index (χ3v) is 5.24. The van der Waals surface area contributed by atoms with Crippen molar-refractivity contribution in [1.82, 2.24) is 9.71 Å². The Labute approximate surface area is 119 Å². The Hall–Kier alpha value is -0.660. The fourth-order valence-electron chi connectivity index (χ4n) is 1.26. The van der Waals surface area contributed by atoms with Gasteiger partial charge in [-0.3, -0.25) is 4.98 Å². The van der Waals surface area contributed by atoms with E-state index in [1.54, 1.807) is 24.4 Å². The zero-order chi connectivity index (χ0) is 13.2. The fourth-order valence-corrected chi connectivity index (χ4v) is 4.40. The smallest absolute Gasteiger partial charge is 0.243 e. The summed E-state index contributed by atoms with van der Waals surface area (Å²) in [6.07, 6.45) is 1.60. The molecule has 0 atom stereocenters. The third kappa shape index (κ3) is 3.21. The summed E-state index contributed by atoms with van der Waals surface area (Å²) < 4.78 is 26.8. The molecule has 0 saturated carbocycles. The Balaban J connectivity index is 2.16. The lowest BCUT2D eigenvalue weighted by Crippen LogP contribution is -2.23. The zero-order valence-corrected chi connectivity index (χ0v) is 12.1. The molecule has 2 aromatic heterocycles. The average molecular weight is 323 g/mol. The average Bonchev–Trinajstić information content (AvgIpc) is 2.68. The second-order valence-electron chi connectivity index (χ2n) is 3.33. The molecule has 0 aliphatic heterocycles. The molecule has 0 spiro atoms. The molecule has 1 N–H and O–H groups in total. The second-order valence-corrected chi connectivity index (χ2v) is 7.36. The van der Waals surface area contributed by atoms with E-state index in [0.717, 1.165) is 11.3 Å². The van der Waals surface area contributed by atoms with Gasteiger partial charge in [-0.15, -0.1) is 11.3 Å². The van der Waals surface area contributed by atoms with E-state index in [1.807, 2.05) is 0 Å². The van der Waals surface area contributed by atoms with Gasteiger partial charge in [-0.2, -0.15) is 0 Å². The van der Waals surface area contributed by atoms with Crippen molar-refractivity contribution in [1.29, 1.82) is 0 Å². The van der Waals surface area contributed by atoms with Gasteiger partial charge < -0.3 is 0 Å². The van der Waals surface area contributed by atoms with Crippen LogP contribution in [-0.2, 0) is 16.6 Å². The quantitative estimate of drug-likeness (QED) is 0.941. The van der Waals surface area contributed by atoms with Crippen molar-refractivity contribution in [3.05, 3.63) is 44.8 Å². The van der Waals surface area contributed by atoms with Crippen molar-refractivity contribution < 1.29 is 8.42 Å². The molecule has 18 heavy (non-hydrogen) atoms.